The van der Waals surface area contributed by atoms with Gasteiger partial charge in [-0.15, -0.1) is 0 Å². The molecule has 3 N–H and O–H groups in total. The Balaban J connectivity index is 2.79. The second kappa shape index (κ2) is 9.00. The second-order valence-electron chi connectivity index (χ2n) is 4.87. The van der Waals surface area contributed by atoms with Crippen LogP contribution >= 0.6 is 0 Å². The van der Waals surface area contributed by atoms with Crippen molar-refractivity contribution in [1.82, 2.24) is 10.6 Å². The first-order valence-corrected chi connectivity index (χ1v) is 7.49. The third-order valence-electron chi connectivity index (χ3n) is 3.29. The van der Waals surface area contributed by atoms with Crippen LogP contribution in [0.5, 0.6) is 0 Å². The number of carbonyl (C=O) groups excluding carboxylic acids is 2. The third-order valence-corrected chi connectivity index (χ3v) is 3.29. The quantitative estimate of drug-likeness (QED) is 0.643. The van der Waals surface area contributed by atoms with Crippen LogP contribution in [0.1, 0.15) is 43.5 Å². The number of benzene rings is 1. The van der Waals surface area contributed by atoms with Crippen LogP contribution in [0.4, 0.5) is 5.69 Å². The van der Waals surface area contributed by atoms with Crippen LogP contribution in [0.25, 0.3) is 0 Å². The lowest BCUT2D eigenvalue weighted by Gasteiger charge is -2.17. The van der Waals surface area contributed by atoms with E-state index in [1.807, 2.05) is 25.1 Å². The third kappa shape index (κ3) is 5.10. The molecule has 0 aliphatic carbocycles. The molecule has 2 amide bonds. The van der Waals surface area contributed by atoms with E-state index >= 15 is 0 Å². The highest BCUT2D eigenvalue weighted by Crippen LogP contribution is 2.15. The van der Waals surface area contributed by atoms with E-state index in [4.69, 9.17) is 0 Å². The van der Waals surface area contributed by atoms with Crippen molar-refractivity contribution >= 4 is 17.5 Å². The van der Waals surface area contributed by atoms with Gasteiger partial charge in [-0.3, -0.25) is 9.59 Å². The second-order valence-corrected chi connectivity index (χ2v) is 4.87. The zero-order valence-electron chi connectivity index (χ0n) is 13.0. The lowest BCUT2D eigenvalue weighted by molar-refractivity contribution is -0.122. The number of para-hydroxylation sites is 1. The average Bonchev–Trinajstić information content (AvgIpc) is 2.52. The molecule has 5 heteroatoms. The molecule has 1 aromatic rings. The Morgan fingerprint density at radius 2 is 1.90 bits per heavy atom. The van der Waals surface area contributed by atoms with Gasteiger partial charge in [0.1, 0.15) is 6.04 Å². The largest absolute Gasteiger partial charge is 0.384 e. The predicted molar refractivity (Wildman–Crippen MR) is 85.5 cm³/mol. The Bertz CT molecular complexity index is 474. The normalized spacial score (nSPS) is 11.6. The van der Waals surface area contributed by atoms with E-state index in [-0.39, 0.29) is 11.8 Å². The summed E-state index contributed by atoms with van der Waals surface area (Å²) in [5, 5.41) is 8.60. The van der Waals surface area contributed by atoms with E-state index in [9.17, 15) is 9.59 Å². The van der Waals surface area contributed by atoms with E-state index in [0.717, 1.165) is 25.1 Å². The summed E-state index contributed by atoms with van der Waals surface area (Å²) in [6.45, 7) is 4.81. The fraction of sp³-hybridized carbons (Fsp3) is 0.500. The molecule has 116 valence electrons. The minimum absolute atomic E-state index is 0.178. The fourth-order valence-corrected chi connectivity index (χ4v) is 2.00. The van der Waals surface area contributed by atoms with Crippen LogP contribution in [-0.2, 0) is 4.79 Å². The van der Waals surface area contributed by atoms with Gasteiger partial charge in [0.05, 0.1) is 5.56 Å². The summed E-state index contributed by atoms with van der Waals surface area (Å²) in [6, 6.07) is 6.85. The van der Waals surface area contributed by atoms with Crippen LogP contribution in [0.3, 0.4) is 0 Å². The highest BCUT2D eigenvalue weighted by Gasteiger charge is 2.19. The van der Waals surface area contributed by atoms with Crippen LogP contribution in [0.2, 0.25) is 0 Å². The van der Waals surface area contributed by atoms with Crippen molar-refractivity contribution in [1.29, 1.82) is 0 Å². The van der Waals surface area contributed by atoms with Gasteiger partial charge in [0.15, 0.2) is 0 Å². The van der Waals surface area contributed by atoms with Crippen molar-refractivity contribution in [2.24, 2.45) is 0 Å². The molecule has 1 rings (SSSR count). The predicted octanol–water partition coefficient (Wildman–Crippen LogP) is 2.15. The van der Waals surface area contributed by atoms with Crippen molar-refractivity contribution in [3.8, 4) is 0 Å². The van der Waals surface area contributed by atoms with E-state index in [1.54, 1.807) is 13.1 Å². The Kier molecular flexibility index (Phi) is 7.29. The Morgan fingerprint density at radius 3 is 2.52 bits per heavy atom. The molecule has 21 heavy (non-hydrogen) atoms. The summed E-state index contributed by atoms with van der Waals surface area (Å²) in [5.41, 5.74) is 1.37. The molecule has 0 aliphatic heterocycles. The van der Waals surface area contributed by atoms with Gasteiger partial charge >= 0.3 is 0 Å². The lowest BCUT2D eigenvalue weighted by Crippen LogP contribution is -2.45. The highest BCUT2D eigenvalue weighted by molar-refractivity contribution is 6.01. The molecular weight excluding hydrogens is 266 g/mol. The van der Waals surface area contributed by atoms with Crippen LogP contribution in [-0.4, -0.2) is 31.4 Å². The minimum atomic E-state index is -0.508. The van der Waals surface area contributed by atoms with Gasteiger partial charge in [-0.2, -0.15) is 0 Å². The summed E-state index contributed by atoms with van der Waals surface area (Å²) in [6.07, 6.45) is 2.69. The lowest BCUT2D eigenvalue weighted by atomic mass is 10.1. The summed E-state index contributed by atoms with van der Waals surface area (Å²) in [5.74, 6) is -0.410. The summed E-state index contributed by atoms with van der Waals surface area (Å²) in [4.78, 5) is 24.0. The first kappa shape index (κ1) is 17.0. The SMILES string of the molecule is CCCCNc1ccccc1C(=O)NC(CC)C(=O)NC. The summed E-state index contributed by atoms with van der Waals surface area (Å²) >= 11 is 0. The van der Waals surface area contributed by atoms with E-state index in [0.29, 0.717) is 12.0 Å². The van der Waals surface area contributed by atoms with Gasteiger partial charge in [-0.1, -0.05) is 32.4 Å². The van der Waals surface area contributed by atoms with Gasteiger partial charge in [-0.05, 0) is 25.0 Å². The minimum Gasteiger partial charge on any atom is -0.384 e. The van der Waals surface area contributed by atoms with Crippen molar-refractivity contribution in [2.75, 3.05) is 18.9 Å². The molecule has 1 unspecified atom stereocenters. The van der Waals surface area contributed by atoms with Gasteiger partial charge in [-0.25, -0.2) is 0 Å². The average molecular weight is 291 g/mol. The molecule has 0 saturated heterocycles. The Hall–Kier alpha value is -2.04. The molecule has 1 aromatic carbocycles. The van der Waals surface area contributed by atoms with Crippen molar-refractivity contribution in [3.63, 3.8) is 0 Å². The zero-order chi connectivity index (χ0) is 15.7. The number of carbonyl (C=O) groups is 2. The number of hydrogen-bond donors (Lipinski definition) is 3. The van der Waals surface area contributed by atoms with Gasteiger partial charge in [0.25, 0.3) is 5.91 Å². The number of nitrogens with one attached hydrogen (secondary N) is 3. The highest BCUT2D eigenvalue weighted by atomic mass is 16.2. The summed E-state index contributed by atoms with van der Waals surface area (Å²) in [7, 11) is 1.57. The molecule has 0 aliphatic rings. The number of rotatable bonds is 8. The van der Waals surface area contributed by atoms with Gasteiger partial charge < -0.3 is 16.0 Å². The standard InChI is InChI=1S/C16H25N3O2/c1-4-6-11-18-14-10-8-7-9-12(14)15(20)19-13(5-2)16(21)17-3/h7-10,13,18H,4-6,11H2,1-3H3,(H,17,21)(H,19,20). The smallest absolute Gasteiger partial charge is 0.254 e. The van der Waals surface area contributed by atoms with Crippen molar-refractivity contribution < 1.29 is 9.59 Å². The first-order chi connectivity index (χ1) is 10.1. The molecule has 0 fully saturated rings. The number of hydrogen-bond acceptors (Lipinski definition) is 3. The maximum Gasteiger partial charge on any atom is 0.254 e. The topological polar surface area (TPSA) is 70.2 Å². The van der Waals surface area contributed by atoms with Crippen molar-refractivity contribution in [3.05, 3.63) is 29.8 Å². The molecule has 0 aromatic heterocycles. The van der Waals surface area contributed by atoms with Crippen molar-refractivity contribution in [2.45, 2.75) is 39.2 Å². The maximum atomic E-state index is 12.4. The monoisotopic (exact) mass is 291 g/mol. The Labute approximate surface area is 126 Å². The molecule has 0 radical (unpaired) electrons. The molecule has 0 spiro atoms. The van der Waals surface area contributed by atoms with Crippen LogP contribution in [0.15, 0.2) is 24.3 Å². The maximum absolute atomic E-state index is 12.4. The molecule has 5 nitrogen and oxygen atoms in total. The number of anilines is 1. The molecule has 0 bridgehead atoms. The van der Waals surface area contributed by atoms with E-state index < -0.39 is 6.04 Å². The first-order valence-electron chi connectivity index (χ1n) is 7.49. The van der Waals surface area contributed by atoms with Crippen LogP contribution < -0.4 is 16.0 Å². The van der Waals surface area contributed by atoms with E-state index in [1.165, 1.54) is 0 Å². The fourth-order valence-electron chi connectivity index (χ4n) is 2.00. The number of likely N-dealkylation sites (N-methyl/N-ethyl adjacent to an activating group) is 1. The van der Waals surface area contributed by atoms with Gasteiger partial charge in [0, 0.05) is 19.3 Å². The molecule has 0 saturated carbocycles. The van der Waals surface area contributed by atoms with E-state index in [2.05, 4.69) is 22.9 Å². The van der Waals surface area contributed by atoms with Crippen LogP contribution in [0, 0.1) is 0 Å². The Morgan fingerprint density at radius 1 is 1.19 bits per heavy atom. The number of unbranched alkanes of at least 4 members (excludes halogenated alkanes) is 1. The molecular formula is C16H25N3O2. The van der Waals surface area contributed by atoms with Gasteiger partial charge in [0.2, 0.25) is 5.91 Å². The molecule has 1 atom stereocenters. The number of amides is 2. The molecule has 0 heterocycles. The summed E-state index contributed by atoms with van der Waals surface area (Å²) < 4.78 is 0. The zero-order valence-corrected chi connectivity index (χ0v) is 13.0.